The molecule has 1 aromatic heterocycles. The van der Waals surface area contributed by atoms with E-state index in [9.17, 15) is 0 Å². The van der Waals surface area contributed by atoms with Gasteiger partial charge in [-0.25, -0.2) is 9.97 Å². The number of nitrogen functional groups attached to an aromatic ring is 1. The summed E-state index contributed by atoms with van der Waals surface area (Å²) >= 11 is 1.93. The quantitative estimate of drug-likeness (QED) is 0.645. The minimum atomic E-state index is 0.603. The molecular formula is C15H28N4S. The Bertz CT molecular complexity index is 396. The normalized spacial score (nSPS) is 10.8. The SMILES string of the molecule is CCCc1nc(N)c(C)c(NCCCCCCSC)n1. The molecule has 0 fully saturated rings. The number of nitrogens with one attached hydrogen (secondary N) is 1. The summed E-state index contributed by atoms with van der Waals surface area (Å²) < 4.78 is 0. The molecule has 1 aromatic rings. The highest BCUT2D eigenvalue weighted by Gasteiger charge is 2.07. The molecule has 1 heterocycles. The van der Waals surface area contributed by atoms with Crippen molar-refractivity contribution in [1.29, 1.82) is 0 Å². The van der Waals surface area contributed by atoms with Crippen LogP contribution in [0.15, 0.2) is 0 Å². The van der Waals surface area contributed by atoms with Gasteiger partial charge in [0.1, 0.15) is 17.5 Å². The van der Waals surface area contributed by atoms with Gasteiger partial charge in [0.15, 0.2) is 0 Å². The standard InChI is InChI=1S/C15H28N4S/c1-4-9-13-18-14(16)12(2)15(19-13)17-10-7-5-6-8-11-20-3/h4-11H2,1-3H3,(H3,16,17,18,19). The molecule has 0 aromatic carbocycles. The van der Waals surface area contributed by atoms with Gasteiger partial charge >= 0.3 is 0 Å². The summed E-state index contributed by atoms with van der Waals surface area (Å²) in [7, 11) is 0. The Morgan fingerprint density at radius 2 is 1.90 bits per heavy atom. The summed E-state index contributed by atoms with van der Waals surface area (Å²) in [6.07, 6.45) is 9.18. The van der Waals surface area contributed by atoms with Gasteiger partial charge in [-0.05, 0) is 38.2 Å². The lowest BCUT2D eigenvalue weighted by molar-refractivity contribution is 0.687. The van der Waals surface area contributed by atoms with Crippen molar-refractivity contribution in [2.75, 3.05) is 29.6 Å². The number of thioether (sulfide) groups is 1. The van der Waals surface area contributed by atoms with Gasteiger partial charge in [-0.1, -0.05) is 19.8 Å². The van der Waals surface area contributed by atoms with Gasteiger partial charge in [-0.15, -0.1) is 0 Å². The molecule has 20 heavy (non-hydrogen) atoms. The number of unbranched alkanes of at least 4 members (excludes halogenated alkanes) is 3. The van der Waals surface area contributed by atoms with Gasteiger partial charge in [0.05, 0.1) is 0 Å². The van der Waals surface area contributed by atoms with E-state index in [1.54, 1.807) is 0 Å². The molecule has 0 unspecified atom stereocenters. The first kappa shape index (κ1) is 17.1. The van der Waals surface area contributed by atoms with Crippen molar-refractivity contribution in [1.82, 2.24) is 9.97 Å². The fraction of sp³-hybridized carbons (Fsp3) is 0.733. The van der Waals surface area contributed by atoms with Gasteiger partial charge in [0.2, 0.25) is 0 Å². The van der Waals surface area contributed by atoms with E-state index in [4.69, 9.17) is 5.73 Å². The van der Waals surface area contributed by atoms with E-state index in [2.05, 4.69) is 28.5 Å². The average Bonchev–Trinajstić information content (AvgIpc) is 2.43. The maximum absolute atomic E-state index is 5.94. The zero-order valence-electron chi connectivity index (χ0n) is 13.0. The molecule has 0 spiro atoms. The fourth-order valence-corrected chi connectivity index (χ4v) is 2.51. The Balaban J connectivity index is 2.38. The van der Waals surface area contributed by atoms with E-state index in [0.29, 0.717) is 5.82 Å². The molecule has 0 radical (unpaired) electrons. The van der Waals surface area contributed by atoms with Crippen LogP contribution in [0.5, 0.6) is 0 Å². The lowest BCUT2D eigenvalue weighted by Crippen LogP contribution is -2.10. The molecule has 0 aliphatic heterocycles. The Hall–Kier alpha value is -0.970. The van der Waals surface area contributed by atoms with Crippen molar-refractivity contribution in [2.24, 2.45) is 0 Å². The van der Waals surface area contributed by atoms with Crippen molar-refractivity contribution in [2.45, 2.75) is 52.4 Å². The number of nitrogens with two attached hydrogens (primary N) is 1. The van der Waals surface area contributed by atoms with Crippen LogP contribution in [0.4, 0.5) is 11.6 Å². The Morgan fingerprint density at radius 1 is 1.15 bits per heavy atom. The van der Waals surface area contributed by atoms with Crippen molar-refractivity contribution < 1.29 is 0 Å². The number of hydrogen-bond donors (Lipinski definition) is 2. The number of nitrogens with zero attached hydrogens (tertiary/aromatic N) is 2. The predicted molar refractivity (Wildman–Crippen MR) is 90.5 cm³/mol. The second-order valence-corrected chi connectivity index (χ2v) is 6.07. The number of aryl methyl sites for hydroxylation is 1. The minimum Gasteiger partial charge on any atom is -0.383 e. The number of aromatic nitrogens is 2. The zero-order chi connectivity index (χ0) is 14.8. The van der Waals surface area contributed by atoms with Crippen molar-refractivity contribution in [3.63, 3.8) is 0 Å². The third-order valence-corrected chi connectivity index (χ3v) is 3.97. The summed E-state index contributed by atoms with van der Waals surface area (Å²) in [4.78, 5) is 8.89. The van der Waals surface area contributed by atoms with Gasteiger partial charge in [-0.3, -0.25) is 0 Å². The van der Waals surface area contributed by atoms with E-state index >= 15 is 0 Å². The monoisotopic (exact) mass is 296 g/mol. The molecular weight excluding hydrogens is 268 g/mol. The minimum absolute atomic E-state index is 0.603. The van der Waals surface area contributed by atoms with Crippen LogP contribution in [0.1, 0.15) is 50.4 Å². The summed E-state index contributed by atoms with van der Waals surface area (Å²) in [5.41, 5.74) is 6.91. The maximum Gasteiger partial charge on any atom is 0.134 e. The second-order valence-electron chi connectivity index (χ2n) is 5.08. The highest BCUT2D eigenvalue weighted by atomic mass is 32.2. The molecule has 5 heteroatoms. The van der Waals surface area contributed by atoms with Crippen LogP contribution >= 0.6 is 11.8 Å². The largest absolute Gasteiger partial charge is 0.383 e. The summed E-state index contributed by atoms with van der Waals surface area (Å²) in [6.45, 7) is 5.06. The van der Waals surface area contributed by atoms with Crippen molar-refractivity contribution in [3.05, 3.63) is 11.4 Å². The molecule has 0 amide bonds. The van der Waals surface area contributed by atoms with E-state index in [1.165, 1.54) is 31.4 Å². The third-order valence-electron chi connectivity index (χ3n) is 3.27. The van der Waals surface area contributed by atoms with Gasteiger partial charge in [0.25, 0.3) is 0 Å². The molecule has 0 saturated carbocycles. The Morgan fingerprint density at radius 3 is 2.60 bits per heavy atom. The van der Waals surface area contributed by atoms with E-state index in [0.717, 1.165) is 36.6 Å². The number of hydrogen-bond acceptors (Lipinski definition) is 5. The van der Waals surface area contributed by atoms with Crippen LogP contribution in [0.3, 0.4) is 0 Å². The summed E-state index contributed by atoms with van der Waals surface area (Å²) in [5.74, 6) is 3.63. The van der Waals surface area contributed by atoms with Gasteiger partial charge in [0, 0.05) is 18.5 Å². The molecule has 4 nitrogen and oxygen atoms in total. The topological polar surface area (TPSA) is 63.8 Å². The molecule has 0 aliphatic rings. The second kappa shape index (κ2) is 9.86. The van der Waals surface area contributed by atoms with E-state index in [-0.39, 0.29) is 0 Å². The van der Waals surface area contributed by atoms with E-state index < -0.39 is 0 Å². The molecule has 0 saturated heterocycles. The fourth-order valence-electron chi connectivity index (χ4n) is 2.02. The predicted octanol–water partition coefficient (Wildman–Crippen LogP) is 3.66. The average molecular weight is 296 g/mol. The van der Waals surface area contributed by atoms with Crippen LogP contribution in [-0.2, 0) is 6.42 Å². The number of rotatable bonds is 10. The first-order valence-electron chi connectivity index (χ1n) is 7.54. The molecule has 1 rings (SSSR count). The van der Waals surface area contributed by atoms with Crippen LogP contribution < -0.4 is 11.1 Å². The van der Waals surface area contributed by atoms with Crippen LogP contribution in [0, 0.1) is 6.92 Å². The molecule has 0 atom stereocenters. The highest BCUT2D eigenvalue weighted by molar-refractivity contribution is 7.98. The molecule has 0 aliphatic carbocycles. The molecule has 0 bridgehead atoms. The smallest absolute Gasteiger partial charge is 0.134 e. The van der Waals surface area contributed by atoms with Crippen LogP contribution in [0.25, 0.3) is 0 Å². The Kier molecular flexibility index (Phi) is 8.42. The van der Waals surface area contributed by atoms with Gasteiger partial charge < -0.3 is 11.1 Å². The lowest BCUT2D eigenvalue weighted by Gasteiger charge is -2.11. The zero-order valence-corrected chi connectivity index (χ0v) is 13.9. The Labute approximate surface area is 127 Å². The van der Waals surface area contributed by atoms with Crippen molar-refractivity contribution >= 4 is 23.4 Å². The van der Waals surface area contributed by atoms with Crippen LogP contribution in [0.2, 0.25) is 0 Å². The summed E-state index contributed by atoms with van der Waals surface area (Å²) in [5, 5.41) is 3.41. The first-order valence-corrected chi connectivity index (χ1v) is 8.94. The molecule has 114 valence electrons. The van der Waals surface area contributed by atoms with Gasteiger partial charge in [-0.2, -0.15) is 11.8 Å². The van der Waals surface area contributed by atoms with Crippen LogP contribution in [-0.4, -0.2) is 28.5 Å². The first-order chi connectivity index (χ1) is 9.69. The van der Waals surface area contributed by atoms with Crippen molar-refractivity contribution in [3.8, 4) is 0 Å². The lowest BCUT2D eigenvalue weighted by atomic mass is 10.2. The van der Waals surface area contributed by atoms with E-state index in [1.807, 2.05) is 18.7 Å². The summed E-state index contributed by atoms with van der Waals surface area (Å²) in [6, 6.07) is 0. The third kappa shape index (κ3) is 5.99. The molecule has 3 N–H and O–H groups in total. The number of anilines is 2. The highest BCUT2D eigenvalue weighted by Crippen LogP contribution is 2.18. The maximum atomic E-state index is 5.94.